The SMILES string of the molecule is CC(C)(c1ccc(N)cc1)c1ccc(Oc2c(C(=O)c3ccc(C(=O)c4cccc(Oc5ccc(N)cc5)c4)cc3)ccc(C(=O)c3cccc(Oc4ccc(N)cc4)c3)c2Oc2ccc(C(C)(C)c3ccc(N)cc3)cc2)cc1. The minimum Gasteiger partial charge on any atom is -0.457 e. The van der Waals surface area contributed by atoms with Crippen LogP contribution in [0.1, 0.15) is 97.7 Å². The van der Waals surface area contributed by atoms with E-state index in [0.717, 1.165) is 22.3 Å². The Kier molecular flexibility index (Phi) is 14.8. The molecule has 0 aliphatic heterocycles. The Morgan fingerprint density at radius 3 is 0.925 bits per heavy atom. The molecule has 11 nitrogen and oxygen atoms in total. The van der Waals surface area contributed by atoms with Crippen molar-refractivity contribution in [1.82, 2.24) is 0 Å². The number of nitrogen functional groups attached to an aromatic ring is 4. The first-order valence-corrected chi connectivity index (χ1v) is 26.0. The van der Waals surface area contributed by atoms with Gasteiger partial charge in [-0.1, -0.05) is 125 Å². The highest BCUT2D eigenvalue weighted by Crippen LogP contribution is 2.45. The lowest BCUT2D eigenvalue weighted by Crippen LogP contribution is -2.18. The van der Waals surface area contributed by atoms with Crippen LogP contribution in [0.2, 0.25) is 0 Å². The lowest BCUT2D eigenvalue weighted by molar-refractivity contribution is 0.102. The number of ether oxygens (including phenoxy) is 4. The van der Waals surface area contributed by atoms with E-state index in [1.54, 1.807) is 133 Å². The maximum absolute atomic E-state index is 15.1. The molecule has 0 saturated heterocycles. The number of carbonyl (C=O) groups is 3. The Labute approximate surface area is 465 Å². The number of hydrogen-bond acceptors (Lipinski definition) is 11. The molecule has 80 heavy (non-hydrogen) atoms. The second kappa shape index (κ2) is 22.3. The van der Waals surface area contributed by atoms with Crippen molar-refractivity contribution in [2.45, 2.75) is 38.5 Å². The second-order valence-corrected chi connectivity index (χ2v) is 20.5. The summed E-state index contributed by atoms with van der Waals surface area (Å²) in [4.78, 5) is 44.2. The molecule has 0 atom stereocenters. The van der Waals surface area contributed by atoms with Gasteiger partial charge in [-0.05, 0) is 156 Å². The summed E-state index contributed by atoms with van der Waals surface area (Å²) in [7, 11) is 0. The quantitative estimate of drug-likeness (QED) is 0.0472. The molecule has 0 amide bonds. The van der Waals surface area contributed by atoms with E-state index >= 15 is 9.59 Å². The maximum Gasteiger partial charge on any atom is 0.197 e. The van der Waals surface area contributed by atoms with Crippen LogP contribution < -0.4 is 41.9 Å². The molecule has 10 aromatic carbocycles. The molecule has 396 valence electrons. The molecule has 0 aliphatic rings. The van der Waals surface area contributed by atoms with Crippen molar-refractivity contribution < 1.29 is 33.3 Å². The lowest BCUT2D eigenvalue weighted by Gasteiger charge is -2.27. The zero-order valence-electron chi connectivity index (χ0n) is 44.6. The van der Waals surface area contributed by atoms with Crippen LogP contribution in [0.15, 0.2) is 231 Å². The van der Waals surface area contributed by atoms with Crippen molar-refractivity contribution in [2.24, 2.45) is 0 Å². The third-order valence-electron chi connectivity index (χ3n) is 14.3. The van der Waals surface area contributed by atoms with Gasteiger partial charge >= 0.3 is 0 Å². The second-order valence-electron chi connectivity index (χ2n) is 20.5. The van der Waals surface area contributed by atoms with Crippen molar-refractivity contribution in [3.63, 3.8) is 0 Å². The van der Waals surface area contributed by atoms with Gasteiger partial charge in [-0.2, -0.15) is 0 Å². The van der Waals surface area contributed by atoms with Crippen LogP contribution in [-0.4, -0.2) is 17.3 Å². The van der Waals surface area contributed by atoms with Crippen LogP contribution >= 0.6 is 0 Å². The fourth-order valence-electron chi connectivity index (χ4n) is 9.37. The van der Waals surface area contributed by atoms with Crippen molar-refractivity contribution in [1.29, 1.82) is 0 Å². The zero-order valence-corrected chi connectivity index (χ0v) is 44.6. The van der Waals surface area contributed by atoms with E-state index in [1.165, 1.54) is 0 Å². The lowest BCUT2D eigenvalue weighted by atomic mass is 9.78. The molecule has 0 heterocycles. The van der Waals surface area contributed by atoms with Gasteiger partial charge in [-0.25, -0.2) is 0 Å². The number of carbonyl (C=O) groups excluding carboxylic acids is 3. The molecule has 0 radical (unpaired) electrons. The zero-order chi connectivity index (χ0) is 56.1. The molecule has 10 aromatic rings. The van der Waals surface area contributed by atoms with Crippen molar-refractivity contribution in [3.05, 3.63) is 286 Å². The largest absolute Gasteiger partial charge is 0.457 e. The third-order valence-corrected chi connectivity index (χ3v) is 14.3. The predicted molar refractivity (Wildman–Crippen MR) is 317 cm³/mol. The van der Waals surface area contributed by atoms with Gasteiger partial charge in [0.05, 0.1) is 11.1 Å². The standard InChI is InChI=1S/C69H58N4O7/c1-68(2,47-15-23-51(70)24-16-47)49-19-31-57(32-20-49)79-66-61(64(75)44-13-11-43(12-14-44)63(74)45-7-5-9-59(41-45)77-55-35-27-53(72)28-36-55)39-40-62(65(76)46-8-6-10-60(42-46)78-56-37-29-54(73)30-38-56)67(66)80-58-33-21-50(22-34-58)69(3,4)48-17-25-52(71)26-18-48/h5-42H,70-73H2,1-4H3. The summed E-state index contributed by atoms with van der Waals surface area (Å²) in [6, 6.07) is 67.8. The van der Waals surface area contributed by atoms with E-state index in [1.807, 2.05) is 97.1 Å². The van der Waals surface area contributed by atoms with Crippen LogP contribution in [0.25, 0.3) is 0 Å². The van der Waals surface area contributed by atoms with Crippen molar-refractivity contribution in [2.75, 3.05) is 22.9 Å². The molecular weight excluding hydrogens is 997 g/mol. The molecule has 0 aliphatic carbocycles. The minimum absolute atomic E-state index is 0.00426. The molecular formula is C69H58N4O7. The Morgan fingerprint density at radius 2 is 0.562 bits per heavy atom. The highest BCUT2D eigenvalue weighted by atomic mass is 16.5. The molecule has 0 saturated carbocycles. The van der Waals surface area contributed by atoms with Gasteiger partial charge in [0.1, 0.15) is 34.5 Å². The molecule has 0 bridgehead atoms. The monoisotopic (exact) mass is 1050 g/mol. The summed E-state index contributed by atoms with van der Waals surface area (Å²) in [6.45, 7) is 8.49. The van der Waals surface area contributed by atoms with Gasteiger partial charge in [-0.3, -0.25) is 14.4 Å². The highest BCUT2D eigenvalue weighted by molar-refractivity contribution is 6.16. The number of rotatable bonds is 18. The van der Waals surface area contributed by atoms with Crippen molar-refractivity contribution in [3.8, 4) is 46.0 Å². The molecule has 0 aromatic heterocycles. The van der Waals surface area contributed by atoms with Crippen LogP contribution in [-0.2, 0) is 10.8 Å². The van der Waals surface area contributed by atoms with E-state index < -0.39 is 22.4 Å². The van der Waals surface area contributed by atoms with Gasteiger partial charge in [-0.15, -0.1) is 0 Å². The normalized spacial score (nSPS) is 11.3. The number of hydrogen-bond donors (Lipinski definition) is 4. The predicted octanol–water partition coefficient (Wildman–Crippen LogP) is 15.5. The number of ketones is 3. The van der Waals surface area contributed by atoms with E-state index in [-0.39, 0.29) is 39.5 Å². The molecule has 0 fully saturated rings. The maximum atomic E-state index is 15.1. The molecule has 0 unspecified atom stereocenters. The Bertz CT molecular complexity index is 3880. The fraction of sp³-hybridized carbons (Fsp3) is 0.0870. The van der Waals surface area contributed by atoms with Crippen LogP contribution in [0.3, 0.4) is 0 Å². The average Bonchev–Trinajstić information content (AvgIpc) is 3.50. The number of nitrogens with two attached hydrogens (primary N) is 4. The minimum atomic E-state index is -0.456. The van der Waals surface area contributed by atoms with Crippen LogP contribution in [0.4, 0.5) is 22.7 Å². The van der Waals surface area contributed by atoms with Crippen molar-refractivity contribution >= 4 is 40.1 Å². The van der Waals surface area contributed by atoms with E-state index in [2.05, 4.69) is 27.7 Å². The summed E-state index contributed by atoms with van der Waals surface area (Å²) in [5.41, 5.74) is 31.2. The van der Waals surface area contributed by atoms with Gasteiger partial charge in [0, 0.05) is 55.8 Å². The first-order chi connectivity index (χ1) is 38.5. The number of benzene rings is 10. The summed E-state index contributed by atoms with van der Waals surface area (Å²) in [6.07, 6.45) is 0. The van der Waals surface area contributed by atoms with Crippen LogP contribution in [0.5, 0.6) is 46.0 Å². The fourth-order valence-corrected chi connectivity index (χ4v) is 9.37. The van der Waals surface area contributed by atoms with Gasteiger partial charge < -0.3 is 41.9 Å². The third kappa shape index (κ3) is 11.6. The van der Waals surface area contributed by atoms with Gasteiger partial charge in [0.15, 0.2) is 28.8 Å². The first-order valence-electron chi connectivity index (χ1n) is 26.0. The Morgan fingerprint density at radius 1 is 0.287 bits per heavy atom. The molecule has 11 heteroatoms. The van der Waals surface area contributed by atoms with E-state index in [4.69, 9.17) is 41.9 Å². The average molecular weight is 1060 g/mol. The molecule has 8 N–H and O–H groups in total. The smallest absolute Gasteiger partial charge is 0.197 e. The number of anilines is 4. The topological polar surface area (TPSA) is 192 Å². The van der Waals surface area contributed by atoms with E-state index in [9.17, 15) is 4.79 Å². The Hall–Kier alpha value is -10.4. The summed E-state index contributed by atoms with van der Waals surface area (Å²) < 4.78 is 25.9. The molecule has 0 spiro atoms. The highest BCUT2D eigenvalue weighted by Gasteiger charge is 2.30. The summed E-state index contributed by atoms with van der Waals surface area (Å²) >= 11 is 0. The van der Waals surface area contributed by atoms with Gasteiger partial charge in [0.2, 0.25) is 0 Å². The van der Waals surface area contributed by atoms with Crippen LogP contribution in [0, 0.1) is 0 Å². The molecule has 10 rings (SSSR count). The van der Waals surface area contributed by atoms with Gasteiger partial charge in [0.25, 0.3) is 0 Å². The summed E-state index contributed by atoms with van der Waals surface area (Å²) in [5, 5.41) is 0. The Balaban J connectivity index is 1.05. The van der Waals surface area contributed by atoms with E-state index in [0.29, 0.717) is 68.4 Å². The first kappa shape index (κ1) is 53.0. The summed E-state index contributed by atoms with van der Waals surface area (Å²) in [5.74, 6) is 1.54.